The van der Waals surface area contributed by atoms with Crippen LogP contribution in [0.25, 0.3) is 0 Å². The van der Waals surface area contributed by atoms with Gasteiger partial charge in [0, 0.05) is 24.0 Å². The maximum absolute atomic E-state index is 8.27. The first-order valence-corrected chi connectivity index (χ1v) is 10.6. The van der Waals surface area contributed by atoms with Gasteiger partial charge in [-0.25, -0.2) is 0 Å². The molecule has 4 nitrogen and oxygen atoms in total. The third kappa shape index (κ3) is 3.79. The number of hydrogen-bond donors (Lipinski definition) is 2. The molecule has 0 unspecified atom stereocenters. The van der Waals surface area contributed by atoms with Crippen LogP contribution in [-0.4, -0.2) is 43.5 Å². The van der Waals surface area contributed by atoms with Gasteiger partial charge < -0.3 is 15.1 Å². The highest BCUT2D eigenvalue weighted by Crippen LogP contribution is 2.33. The van der Waals surface area contributed by atoms with E-state index in [1.807, 2.05) is 17.5 Å². The summed E-state index contributed by atoms with van der Waals surface area (Å²) in [5.74, 6) is 0.487. The molecule has 1 aromatic heterocycles. The molecule has 1 aromatic carbocycles. The molecule has 0 radical (unpaired) electrons. The predicted molar refractivity (Wildman–Crippen MR) is 112 cm³/mol. The Balaban J connectivity index is 1.54. The van der Waals surface area contributed by atoms with Crippen LogP contribution in [0.15, 0.2) is 35.7 Å². The summed E-state index contributed by atoms with van der Waals surface area (Å²) in [5.41, 5.74) is 3.89. The number of aryl methyl sites for hydroxylation is 1. The number of thiophene rings is 1. The van der Waals surface area contributed by atoms with E-state index in [0.717, 1.165) is 17.0 Å². The fourth-order valence-corrected chi connectivity index (χ4v) is 4.80. The number of anilines is 2. The zero-order valence-corrected chi connectivity index (χ0v) is 16.3. The number of likely N-dealkylation sites (tertiary alicyclic amines) is 1. The standard InChI is InChI=1S/C21H28N4S/c1-24-12-9-18(10-13-24)25-11-3-2-5-16-15-17(7-8-19(16)25)23-21(22)20-6-4-14-26-20/h4,6-8,14-15,18H,2-3,5,9-13H2,1H3,(H2,22,23). The number of amidine groups is 1. The summed E-state index contributed by atoms with van der Waals surface area (Å²) >= 11 is 1.60. The molecule has 138 valence electrons. The van der Waals surface area contributed by atoms with E-state index in [1.54, 1.807) is 11.3 Å². The van der Waals surface area contributed by atoms with E-state index in [0.29, 0.717) is 11.9 Å². The zero-order valence-electron chi connectivity index (χ0n) is 15.5. The summed E-state index contributed by atoms with van der Waals surface area (Å²) in [7, 11) is 2.23. The second kappa shape index (κ2) is 7.80. The number of fused-ring (bicyclic) bond motifs is 1. The molecule has 2 N–H and O–H groups in total. The lowest BCUT2D eigenvalue weighted by atomic mass is 10.0. The molecule has 0 atom stereocenters. The van der Waals surface area contributed by atoms with Crippen molar-refractivity contribution in [3.8, 4) is 0 Å². The second-order valence-electron chi connectivity index (χ2n) is 7.51. The van der Waals surface area contributed by atoms with E-state index in [1.165, 1.54) is 56.6 Å². The molecule has 1 fully saturated rings. The first kappa shape index (κ1) is 17.6. The van der Waals surface area contributed by atoms with Gasteiger partial charge in [-0.3, -0.25) is 5.41 Å². The predicted octanol–water partition coefficient (Wildman–Crippen LogP) is 4.42. The molecule has 0 aliphatic carbocycles. The largest absolute Gasteiger partial charge is 0.368 e. The van der Waals surface area contributed by atoms with Gasteiger partial charge in [-0.15, -0.1) is 11.3 Å². The van der Waals surface area contributed by atoms with E-state index in [4.69, 9.17) is 5.41 Å². The average Bonchev–Trinajstić information content (AvgIpc) is 3.11. The number of nitrogens with zero attached hydrogens (tertiary/aromatic N) is 2. The lowest BCUT2D eigenvalue weighted by Crippen LogP contribution is -2.44. The van der Waals surface area contributed by atoms with Crippen molar-refractivity contribution >= 4 is 28.5 Å². The van der Waals surface area contributed by atoms with Gasteiger partial charge in [-0.05, 0) is 87.5 Å². The normalized spacial score (nSPS) is 19.0. The fourth-order valence-electron chi connectivity index (χ4n) is 4.17. The van der Waals surface area contributed by atoms with Gasteiger partial charge in [0.15, 0.2) is 0 Å². The molecular weight excluding hydrogens is 340 g/mol. The molecule has 2 aliphatic heterocycles. The Morgan fingerprint density at radius 3 is 2.77 bits per heavy atom. The highest BCUT2D eigenvalue weighted by molar-refractivity contribution is 7.12. The molecule has 0 bridgehead atoms. The number of nitrogens with one attached hydrogen (secondary N) is 2. The van der Waals surface area contributed by atoms with Gasteiger partial charge in [0.05, 0.1) is 4.88 Å². The van der Waals surface area contributed by atoms with E-state index in [2.05, 4.69) is 40.4 Å². The molecule has 0 amide bonds. The van der Waals surface area contributed by atoms with Crippen LogP contribution in [0.2, 0.25) is 0 Å². The minimum Gasteiger partial charge on any atom is -0.368 e. The maximum atomic E-state index is 8.27. The van der Waals surface area contributed by atoms with Crippen LogP contribution in [0.5, 0.6) is 0 Å². The van der Waals surface area contributed by atoms with Gasteiger partial charge in [-0.2, -0.15) is 0 Å². The van der Waals surface area contributed by atoms with Crippen molar-refractivity contribution in [1.29, 1.82) is 5.41 Å². The molecule has 5 heteroatoms. The van der Waals surface area contributed by atoms with Crippen molar-refractivity contribution in [1.82, 2.24) is 4.90 Å². The summed E-state index contributed by atoms with van der Waals surface area (Å²) < 4.78 is 0. The summed E-state index contributed by atoms with van der Waals surface area (Å²) in [6, 6.07) is 11.4. The minimum atomic E-state index is 0.487. The third-order valence-corrected chi connectivity index (χ3v) is 6.54. The van der Waals surface area contributed by atoms with Crippen molar-refractivity contribution in [2.75, 3.05) is 36.9 Å². The number of piperidine rings is 1. The van der Waals surface area contributed by atoms with Crippen LogP contribution >= 0.6 is 11.3 Å². The monoisotopic (exact) mass is 368 g/mol. The fraction of sp³-hybridized carbons (Fsp3) is 0.476. The molecule has 2 aromatic rings. The lowest BCUT2D eigenvalue weighted by Gasteiger charge is -2.39. The van der Waals surface area contributed by atoms with Gasteiger partial charge >= 0.3 is 0 Å². The van der Waals surface area contributed by atoms with Crippen molar-refractivity contribution in [2.24, 2.45) is 0 Å². The minimum absolute atomic E-state index is 0.487. The van der Waals surface area contributed by atoms with Gasteiger partial charge in [-0.1, -0.05) is 6.07 Å². The first-order chi connectivity index (χ1) is 12.7. The van der Waals surface area contributed by atoms with E-state index in [-0.39, 0.29) is 0 Å². The van der Waals surface area contributed by atoms with Gasteiger partial charge in [0.25, 0.3) is 0 Å². The number of benzene rings is 1. The van der Waals surface area contributed by atoms with Crippen LogP contribution in [0.1, 0.15) is 36.1 Å². The topological polar surface area (TPSA) is 42.4 Å². The molecule has 1 saturated heterocycles. The van der Waals surface area contributed by atoms with Gasteiger partial charge in [0.2, 0.25) is 0 Å². The van der Waals surface area contributed by atoms with Crippen molar-refractivity contribution < 1.29 is 0 Å². The Bertz CT molecular complexity index is 747. The second-order valence-corrected chi connectivity index (χ2v) is 8.45. The van der Waals surface area contributed by atoms with E-state index >= 15 is 0 Å². The highest BCUT2D eigenvalue weighted by atomic mass is 32.1. The van der Waals surface area contributed by atoms with Crippen molar-refractivity contribution in [3.63, 3.8) is 0 Å². The Hall–Kier alpha value is -1.85. The van der Waals surface area contributed by atoms with E-state index < -0.39 is 0 Å². The SMILES string of the molecule is CN1CCC(N2CCCCc3cc(NC(=N)c4cccs4)ccc32)CC1. The molecule has 0 saturated carbocycles. The van der Waals surface area contributed by atoms with Crippen molar-refractivity contribution in [2.45, 2.75) is 38.1 Å². The van der Waals surface area contributed by atoms with Crippen LogP contribution < -0.4 is 10.2 Å². The number of rotatable bonds is 3. The quantitative estimate of drug-likeness (QED) is 0.622. The van der Waals surface area contributed by atoms with Crippen LogP contribution in [0, 0.1) is 5.41 Å². The van der Waals surface area contributed by atoms with Crippen LogP contribution in [0.3, 0.4) is 0 Å². The highest BCUT2D eigenvalue weighted by Gasteiger charge is 2.26. The Morgan fingerprint density at radius 1 is 1.15 bits per heavy atom. The van der Waals surface area contributed by atoms with E-state index in [9.17, 15) is 0 Å². The molecule has 2 aliphatic rings. The summed E-state index contributed by atoms with van der Waals surface area (Å²) in [4.78, 5) is 6.09. The Kier molecular flexibility index (Phi) is 5.27. The summed E-state index contributed by atoms with van der Waals surface area (Å²) in [6.07, 6.45) is 6.19. The Morgan fingerprint density at radius 2 is 2.00 bits per heavy atom. The Labute approximate surface area is 160 Å². The first-order valence-electron chi connectivity index (χ1n) is 9.68. The lowest BCUT2D eigenvalue weighted by molar-refractivity contribution is 0.249. The molecule has 3 heterocycles. The average molecular weight is 369 g/mol. The molecule has 4 rings (SSSR count). The third-order valence-electron chi connectivity index (χ3n) is 5.65. The summed E-state index contributed by atoms with van der Waals surface area (Å²) in [5, 5.41) is 13.6. The molecule has 26 heavy (non-hydrogen) atoms. The van der Waals surface area contributed by atoms with Crippen LogP contribution in [0.4, 0.5) is 11.4 Å². The van der Waals surface area contributed by atoms with Crippen LogP contribution in [-0.2, 0) is 6.42 Å². The summed E-state index contributed by atoms with van der Waals surface area (Å²) in [6.45, 7) is 3.58. The number of hydrogen-bond acceptors (Lipinski definition) is 4. The van der Waals surface area contributed by atoms with Crippen molar-refractivity contribution in [3.05, 3.63) is 46.2 Å². The molecule has 0 spiro atoms. The van der Waals surface area contributed by atoms with Gasteiger partial charge in [0.1, 0.15) is 5.84 Å². The maximum Gasteiger partial charge on any atom is 0.140 e. The molecular formula is C21H28N4S. The zero-order chi connectivity index (χ0) is 17.9. The smallest absolute Gasteiger partial charge is 0.140 e.